The van der Waals surface area contributed by atoms with E-state index in [-0.39, 0.29) is 31.4 Å². The summed E-state index contributed by atoms with van der Waals surface area (Å²) in [5.74, 6) is -1.80. The van der Waals surface area contributed by atoms with Gasteiger partial charge in [0.2, 0.25) is 0 Å². The first kappa shape index (κ1) is 21.3. The summed E-state index contributed by atoms with van der Waals surface area (Å²) in [4.78, 5) is 16.7. The van der Waals surface area contributed by atoms with Crippen molar-refractivity contribution in [1.82, 2.24) is 10.3 Å². The molecule has 1 aromatic heterocycles. The van der Waals surface area contributed by atoms with Gasteiger partial charge in [0.25, 0.3) is 5.91 Å². The highest BCUT2D eigenvalue weighted by atomic mass is 19.4. The van der Waals surface area contributed by atoms with E-state index in [2.05, 4.69) is 23.5 Å². The summed E-state index contributed by atoms with van der Waals surface area (Å²) in [5.41, 5.74) is -0.434. The van der Waals surface area contributed by atoms with Gasteiger partial charge in [0.1, 0.15) is 5.83 Å². The van der Waals surface area contributed by atoms with Crippen molar-refractivity contribution < 1.29 is 22.4 Å². The van der Waals surface area contributed by atoms with Gasteiger partial charge in [-0.2, -0.15) is 13.2 Å². The second kappa shape index (κ2) is 8.13. The van der Waals surface area contributed by atoms with Crippen LogP contribution in [0.4, 0.5) is 17.6 Å². The van der Waals surface area contributed by atoms with E-state index in [0.717, 1.165) is 18.5 Å². The molecule has 29 heavy (non-hydrogen) atoms. The van der Waals surface area contributed by atoms with E-state index >= 15 is 0 Å². The molecule has 156 valence electrons. The number of rotatable bonds is 9. The lowest BCUT2D eigenvalue weighted by Crippen LogP contribution is -2.33. The molecule has 3 rings (SSSR count). The maximum Gasteiger partial charge on any atom is 0.394 e. The topological polar surface area (TPSA) is 42.0 Å². The second-order valence-electron chi connectivity index (χ2n) is 7.90. The molecule has 2 aliphatic rings. The Bertz CT molecular complexity index is 818. The van der Waals surface area contributed by atoms with E-state index in [1.54, 1.807) is 12.3 Å². The standard InChI is InChI=1S/C22H24F4N2O/c1-3-4-18(14(2)23)20(29)28-13-17(11-21(9-10-21)22(24,25)26)16-7-8-19(27-12-16)15-5-6-15/h3-4,7-8,12,15,17H,1-2,5-6,9-11,13H2,(H,28,29)/b18-4+. The van der Waals surface area contributed by atoms with Gasteiger partial charge < -0.3 is 5.32 Å². The molecule has 3 nitrogen and oxygen atoms in total. The number of carbonyl (C=O) groups is 1. The fourth-order valence-corrected chi connectivity index (χ4v) is 3.53. The summed E-state index contributed by atoms with van der Waals surface area (Å²) in [7, 11) is 0. The van der Waals surface area contributed by atoms with Crippen LogP contribution in [0.5, 0.6) is 0 Å². The van der Waals surface area contributed by atoms with Gasteiger partial charge in [0.15, 0.2) is 0 Å². The molecule has 2 saturated carbocycles. The Hall–Kier alpha value is -2.44. The van der Waals surface area contributed by atoms with Crippen molar-refractivity contribution in [1.29, 1.82) is 0 Å². The van der Waals surface area contributed by atoms with Gasteiger partial charge in [-0.1, -0.05) is 25.3 Å². The maximum atomic E-state index is 13.5. The van der Waals surface area contributed by atoms with Crippen molar-refractivity contribution in [3.63, 3.8) is 0 Å². The van der Waals surface area contributed by atoms with E-state index in [1.807, 2.05) is 6.07 Å². The third-order valence-corrected chi connectivity index (χ3v) is 5.70. The molecule has 0 saturated heterocycles. The number of aromatic nitrogens is 1. The molecule has 0 radical (unpaired) electrons. The van der Waals surface area contributed by atoms with E-state index < -0.39 is 29.2 Å². The Labute approximate surface area is 167 Å². The fraction of sp³-hybridized carbons (Fsp3) is 0.455. The van der Waals surface area contributed by atoms with Crippen molar-refractivity contribution in [2.75, 3.05) is 6.54 Å². The molecule has 1 aromatic rings. The largest absolute Gasteiger partial charge is 0.394 e. The van der Waals surface area contributed by atoms with Crippen molar-refractivity contribution in [2.24, 2.45) is 5.41 Å². The summed E-state index contributed by atoms with van der Waals surface area (Å²) < 4.78 is 54.0. The molecule has 0 bridgehead atoms. The molecule has 0 aliphatic heterocycles. The monoisotopic (exact) mass is 408 g/mol. The predicted molar refractivity (Wildman–Crippen MR) is 103 cm³/mol. The Kier molecular flexibility index (Phi) is 5.96. The highest BCUT2D eigenvalue weighted by Crippen LogP contribution is 2.62. The highest BCUT2D eigenvalue weighted by Gasteiger charge is 2.63. The highest BCUT2D eigenvalue weighted by molar-refractivity contribution is 5.97. The number of nitrogens with zero attached hydrogens (tertiary/aromatic N) is 1. The van der Waals surface area contributed by atoms with Crippen molar-refractivity contribution in [3.8, 4) is 0 Å². The first-order valence-electron chi connectivity index (χ1n) is 9.65. The second-order valence-corrected chi connectivity index (χ2v) is 7.90. The number of hydrogen-bond donors (Lipinski definition) is 1. The van der Waals surface area contributed by atoms with E-state index in [9.17, 15) is 22.4 Å². The van der Waals surface area contributed by atoms with Gasteiger partial charge >= 0.3 is 6.18 Å². The quantitative estimate of drug-likeness (QED) is 0.334. The molecular formula is C22H24F4N2O. The molecule has 1 heterocycles. The SMILES string of the molecule is C=C/C=C(\C(=C)F)C(=O)NCC(CC1(C(F)(F)F)CC1)c1ccc(C2CC2)nc1. The van der Waals surface area contributed by atoms with Crippen LogP contribution in [0, 0.1) is 5.41 Å². The van der Waals surface area contributed by atoms with Gasteiger partial charge in [0.05, 0.1) is 11.0 Å². The van der Waals surface area contributed by atoms with Crippen LogP contribution in [0.25, 0.3) is 0 Å². The molecule has 1 amide bonds. The minimum Gasteiger partial charge on any atom is -0.351 e. The third kappa shape index (κ3) is 4.95. The zero-order valence-corrected chi connectivity index (χ0v) is 16.1. The number of nitrogens with one attached hydrogen (secondary N) is 1. The molecule has 2 aliphatic carbocycles. The zero-order valence-electron chi connectivity index (χ0n) is 16.1. The molecule has 2 fully saturated rings. The van der Waals surface area contributed by atoms with Crippen LogP contribution in [0.3, 0.4) is 0 Å². The molecule has 1 atom stereocenters. The molecule has 0 aromatic carbocycles. The van der Waals surface area contributed by atoms with Crippen molar-refractivity contribution >= 4 is 5.91 Å². The van der Waals surface area contributed by atoms with E-state index in [4.69, 9.17) is 0 Å². The zero-order chi connectivity index (χ0) is 21.2. The predicted octanol–water partition coefficient (Wildman–Crippen LogP) is 5.49. The molecule has 1 N–H and O–H groups in total. The van der Waals surface area contributed by atoms with Crippen LogP contribution in [0.1, 0.15) is 55.2 Å². The summed E-state index contributed by atoms with van der Waals surface area (Å²) in [5, 5.41) is 2.55. The van der Waals surface area contributed by atoms with Gasteiger partial charge in [0, 0.05) is 30.3 Å². The maximum absolute atomic E-state index is 13.5. The summed E-state index contributed by atoms with van der Waals surface area (Å²) >= 11 is 0. The van der Waals surface area contributed by atoms with Gasteiger partial charge in [-0.05, 0) is 49.8 Å². The smallest absolute Gasteiger partial charge is 0.351 e. The molecule has 0 spiro atoms. The van der Waals surface area contributed by atoms with Crippen molar-refractivity contribution in [2.45, 2.75) is 50.1 Å². The average Bonchev–Trinajstić information content (AvgIpc) is 3.56. The number of halogens is 4. The average molecular weight is 408 g/mol. The van der Waals surface area contributed by atoms with Crippen LogP contribution < -0.4 is 5.32 Å². The summed E-state index contributed by atoms with van der Waals surface area (Å²) in [6.07, 6.45) is 1.91. The minimum absolute atomic E-state index is 0.0527. The Morgan fingerprint density at radius 3 is 2.48 bits per heavy atom. The lowest BCUT2D eigenvalue weighted by Gasteiger charge is -2.26. The Morgan fingerprint density at radius 1 is 1.34 bits per heavy atom. The van der Waals surface area contributed by atoms with Crippen LogP contribution >= 0.6 is 0 Å². The number of alkyl halides is 3. The first-order chi connectivity index (χ1) is 13.7. The molecular weight excluding hydrogens is 384 g/mol. The first-order valence-corrected chi connectivity index (χ1v) is 9.65. The summed E-state index contributed by atoms with van der Waals surface area (Å²) in [6.45, 7) is 6.48. The molecule has 7 heteroatoms. The van der Waals surface area contributed by atoms with Crippen molar-refractivity contribution in [3.05, 3.63) is 66.3 Å². The van der Waals surface area contributed by atoms with Crippen LogP contribution in [-0.2, 0) is 4.79 Å². The Morgan fingerprint density at radius 2 is 2.03 bits per heavy atom. The number of hydrogen-bond acceptors (Lipinski definition) is 2. The Balaban J connectivity index is 1.77. The fourth-order valence-electron chi connectivity index (χ4n) is 3.53. The molecule has 1 unspecified atom stereocenters. The minimum atomic E-state index is -4.29. The van der Waals surface area contributed by atoms with Gasteiger partial charge in [-0.15, -0.1) is 0 Å². The van der Waals surface area contributed by atoms with Crippen LogP contribution in [0.2, 0.25) is 0 Å². The third-order valence-electron chi connectivity index (χ3n) is 5.70. The summed E-state index contributed by atoms with van der Waals surface area (Å²) in [6, 6.07) is 3.64. The van der Waals surface area contributed by atoms with Crippen LogP contribution in [-0.4, -0.2) is 23.6 Å². The lowest BCUT2D eigenvalue weighted by atomic mass is 9.86. The number of allylic oxidation sites excluding steroid dienone is 2. The normalized spacial score (nSPS) is 19.4. The number of amides is 1. The number of pyridine rings is 1. The van der Waals surface area contributed by atoms with Gasteiger partial charge in [-0.3, -0.25) is 9.78 Å². The van der Waals surface area contributed by atoms with E-state index in [1.165, 1.54) is 12.2 Å². The van der Waals surface area contributed by atoms with E-state index in [0.29, 0.717) is 11.5 Å². The number of carbonyl (C=O) groups excluding carboxylic acids is 1. The van der Waals surface area contributed by atoms with Gasteiger partial charge in [-0.25, -0.2) is 4.39 Å². The van der Waals surface area contributed by atoms with Crippen LogP contribution in [0.15, 0.2) is 55.0 Å². The lowest BCUT2D eigenvalue weighted by molar-refractivity contribution is -0.190.